The summed E-state index contributed by atoms with van der Waals surface area (Å²) in [5.41, 5.74) is 23.1. The molecule has 0 atom stereocenters. The van der Waals surface area contributed by atoms with E-state index in [0.29, 0.717) is 0 Å². The van der Waals surface area contributed by atoms with Crippen molar-refractivity contribution >= 4 is 55.9 Å². The number of benzene rings is 10. The molecule has 0 bridgehead atoms. The Balaban J connectivity index is 1.11. The molecule has 2 aliphatic heterocycles. The Labute approximate surface area is 395 Å². The minimum absolute atomic E-state index is 1.08. The zero-order valence-corrected chi connectivity index (χ0v) is 37.0. The summed E-state index contributed by atoms with van der Waals surface area (Å²) < 4.78 is 5.07. The van der Waals surface area contributed by atoms with Crippen molar-refractivity contribution in [3.63, 3.8) is 0 Å². The molecular weight excluding hydrogens is 825 g/mol. The van der Waals surface area contributed by atoms with E-state index in [1.807, 2.05) is 0 Å². The SMILES string of the molecule is c1ccc(-c2cc(-n3c4c(c5ccccc53)-c3ccccc3N(c3ccccc3)c3ccccc3-4)cc(-n3c4c(c5ccccc53)-c3ccccc3N(c3ccccc3)c3ccccc3-4)c2)cc1. The second-order valence-electron chi connectivity index (χ2n) is 17.7. The molecule has 0 spiro atoms. The van der Waals surface area contributed by atoms with Gasteiger partial charge in [0.2, 0.25) is 0 Å². The highest BCUT2D eigenvalue weighted by molar-refractivity contribution is 6.15. The standard InChI is InChI=1S/C64H42N4/c1-4-22-43(23-5-1)44-40-47(67-57-36-18-12-30-51(57)61-49-28-10-16-34-55(49)65(45-24-6-2-7-25-45)59-38-20-14-32-53(59)63(61)67)42-48(41-44)68-58-37-19-13-31-52(58)62-50-29-11-17-35-56(50)66(46-26-8-3-9-27-46)60-39-21-15-33-54(60)64(62)68/h1-42H. The molecule has 2 aromatic heterocycles. The van der Waals surface area contributed by atoms with Crippen molar-refractivity contribution in [1.29, 1.82) is 0 Å². The van der Waals surface area contributed by atoms with Gasteiger partial charge >= 0.3 is 0 Å². The first kappa shape index (κ1) is 38.2. The van der Waals surface area contributed by atoms with Gasteiger partial charge in [0.1, 0.15) is 0 Å². The number of rotatable bonds is 5. The number of anilines is 6. The van der Waals surface area contributed by atoms with Crippen molar-refractivity contribution < 1.29 is 0 Å². The van der Waals surface area contributed by atoms with Gasteiger partial charge in [-0.25, -0.2) is 0 Å². The third-order valence-electron chi connectivity index (χ3n) is 13.9. The van der Waals surface area contributed by atoms with Crippen LogP contribution in [0.3, 0.4) is 0 Å². The van der Waals surface area contributed by atoms with Crippen LogP contribution in [0.25, 0.3) is 89.1 Å². The number of hydrogen-bond acceptors (Lipinski definition) is 2. The summed E-state index contributed by atoms with van der Waals surface area (Å²) in [5.74, 6) is 0. The van der Waals surface area contributed by atoms with Crippen molar-refractivity contribution in [1.82, 2.24) is 9.13 Å². The average molecular weight is 867 g/mol. The molecule has 0 radical (unpaired) electrons. The minimum atomic E-state index is 1.08. The first-order valence-corrected chi connectivity index (χ1v) is 23.4. The fourth-order valence-electron chi connectivity index (χ4n) is 11.2. The van der Waals surface area contributed by atoms with Gasteiger partial charge in [-0.05, 0) is 90.0 Å². The van der Waals surface area contributed by atoms with Crippen molar-refractivity contribution in [3.8, 4) is 67.3 Å². The number of nitrogens with zero attached hydrogens (tertiary/aromatic N) is 4. The Hall–Kier alpha value is -9.12. The first-order chi connectivity index (χ1) is 33.8. The molecule has 0 saturated carbocycles. The van der Waals surface area contributed by atoms with Gasteiger partial charge in [-0.1, -0.05) is 176 Å². The molecule has 0 saturated heterocycles. The lowest BCUT2D eigenvalue weighted by Crippen LogP contribution is -2.11. The molecule has 10 aromatic carbocycles. The normalized spacial score (nSPS) is 12.4. The molecule has 0 fully saturated rings. The maximum atomic E-state index is 2.54. The first-order valence-electron chi connectivity index (χ1n) is 23.4. The Bertz CT molecular complexity index is 3680. The molecule has 318 valence electrons. The van der Waals surface area contributed by atoms with Crippen LogP contribution in [-0.2, 0) is 0 Å². The molecule has 4 nitrogen and oxygen atoms in total. The van der Waals surface area contributed by atoms with Crippen LogP contribution in [0.5, 0.6) is 0 Å². The summed E-state index contributed by atoms with van der Waals surface area (Å²) in [6.45, 7) is 0. The molecule has 4 heteroatoms. The highest BCUT2D eigenvalue weighted by atomic mass is 15.2. The molecule has 0 N–H and O–H groups in total. The zero-order valence-electron chi connectivity index (χ0n) is 37.0. The Morgan fingerprint density at radius 3 is 1.01 bits per heavy atom. The molecule has 0 aliphatic carbocycles. The van der Waals surface area contributed by atoms with Crippen LogP contribution in [0, 0.1) is 0 Å². The third-order valence-corrected chi connectivity index (χ3v) is 13.9. The number of para-hydroxylation sites is 8. The van der Waals surface area contributed by atoms with Crippen LogP contribution in [0.4, 0.5) is 34.1 Å². The predicted octanol–water partition coefficient (Wildman–Crippen LogP) is 17.5. The van der Waals surface area contributed by atoms with Gasteiger partial charge in [-0.3, -0.25) is 0 Å². The maximum Gasteiger partial charge on any atom is 0.0641 e. The van der Waals surface area contributed by atoms with E-state index >= 15 is 0 Å². The van der Waals surface area contributed by atoms with Crippen LogP contribution >= 0.6 is 0 Å². The Morgan fingerprint density at radius 1 is 0.235 bits per heavy atom. The summed E-state index contributed by atoms with van der Waals surface area (Å²) in [7, 11) is 0. The summed E-state index contributed by atoms with van der Waals surface area (Å²) in [6.07, 6.45) is 0. The summed E-state index contributed by atoms with van der Waals surface area (Å²) in [4.78, 5) is 4.87. The fraction of sp³-hybridized carbons (Fsp3) is 0. The highest BCUT2D eigenvalue weighted by Gasteiger charge is 2.34. The maximum absolute atomic E-state index is 2.54. The van der Waals surface area contributed by atoms with E-state index in [-0.39, 0.29) is 0 Å². The number of aromatic nitrogens is 2. The highest BCUT2D eigenvalue weighted by Crippen LogP contribution is 2.57. The zero-order chi connectivity index (χ0) is 44.7. The van der Waals surface area contributed by atoms with Crippen molar-refractivity contribution in [2.24, 2.45) is 0 Å². The molecule has 12 aromatic rings. The molecule has 14 rings (SSSR count). The second kappa shape index (κ2) is 15.2. The lowest BCUT2D eigenvalue weighted by Gasteiger charge is -2.27. The van der Waals surface area contributed by atoms with E-state index in [4.69, 9.17) is 0 Å². The van der Waals surface area contributed by atoms with Gasteiger partial charge in [0.05, 0.1) is 45.2 Å². The lowest BCUT2D eigenvalue weighted by molar-refractivity contribution is 1.09. The van der Waals surface area contributed by atoms with E-state index < -0.39 is 0 Å². The average Bonchev–Trinajstić information content (AvgIpc) is 3.85. The van der Waals surface area contributed by atoms with Crippen LogP contribution in [0.15, 0.2) is 255 Å². The quantitative estimate of drug-likeness (QED) is 0.171. The van der Waals surface area contributed by atoms with E-state index in [9.17, 15) is 0 Å². The van der Waals surface area contributed by atoms with Crippen molar-refractivity contribution in [2.45, 2.75) is 0 Å². The van der Waals surface area contributed by atoms with Crippen LogP contribution in [-0.4, -0.2) is 9.13 Å². The van der Waals surface area contributed by atoms with E-state index in [2.05, 4.69) is 274 Å². The molecular formula is C64H42N4. The molecule has 2 aliphatic rings. The van der Waals surface area contributed by atoms with Gasteiger partial charge in [0, 0.05) is 66.9 Å². The van der Waals surface area contributed by atoms with Crippen molar-refractivity contribution in [3.05, 3.63) is 255 Å². The van der Waals surface area contributed by atoms with Gasteiger partial charge in [0.15, 0.2) is 0 Å². The monoisotopic (exact) mass is 866 g/mol. The van der Waals surface area contributed by atoms with Crippen LogP contribution < -0.4 is 9.80 Å². The summed E-state index contributed by atoms with van der Waals surface area (Å²) in [5, 5.41) is 2.41. The summed E-state index contributed by atoms with van der Waals surface area (Å²) >= 11 is 0. The van der Waals surface area contributed by atoms with Crippen LogP contribution in [0.2, 0.25) is 0 Å². The Kier molecular flexibility index (Phi) is 8.55. The van der Waals surface area contributed by atoms with E-state index in [0.717, 1.165) is 90.2 Å². The number of hydrogen-bond donors (Lipinski definition) is 0. The van der Waals surface area contributed by atoms with E-state index in [1.165, 1.54) is 33.0 Å². The van der Waals surface area contributed by atoms with Gasteiger partial charge in [-0.2, -0.15) is 0 Å². The van der Waals surface area contributed by atoms with Gasteiger partial charge in [0.25, 0.3) is 0 Å². The molecule has 0 unspecified atom stereocenters. The Morgan fingerprint density at radius 2 is 0.574 bits per heavy atom. The second-order valence-corrected chi connectivity index (χ2v) is 17.7. The number of fused-ring (bicyclic) bond motifs is 14. The van der Waals surface area contributed by atoms with E-state index in [1.54, 1.807) is 0 Å². The summed E-state index contributed by atoms with van der Waals surface area (Å²) in [6, 6.07) is 93.3. The fourth-order valence-corrected chi connectivity index (χ4v) is 11.2. The lowest BCUT2D eigenvalue weighted by atomic mass is 9.98. The van der Waals surface area contributed by atoms with Gasteiger partial charge in [-0.15, -0.1) is 0 Å². The topological polar surface area (TPSA) is 16.3 Å². The molecule has 4 heterocycles. The smallest absolute Gasteiger partial charge is 0.0641 e. The van der Waals surface area contributed by atoms with Crippen molar-refractivity contribution in [2.75, 3.05) is 9.80 Å². The third kappa shape index (κ3) is 5.68. The molecule has 68 heavy (non-hydrogen) atoms. The van der Waals surface area contributed by atoms with Crippen LogP contribution in [0.1, 0.15) is 0 Å². The predicted molar refractivity (Wildman–Crippen MR) is 284 cm³/mol. The minimum Gasteiger partial charge on any atom is -0.309 e. The molecule has 0 amide bonds. The van der Waals surface area contributed by atoms with Gasteiger partial charge < -0.3 is 18.9 Å². The largest absolute Gasteiger partial charge is 0.309 e.